The highest BCUT2D eigenvalue weighted by Gasteiger charge is 2.24. The zero-order valence-corrected chi connectivity index (χ0v) is 12.8. The molecule has 0 fully saturated rings. The number of benzene rings is 1. The van der Waals surface area contributed by atoms with E-state index < -0.39 is 21.7 Å². The number of rotatable bonds is 5. The van der Waals surface area contributed by atoms with E-state index in [-0.39, 0.29) is 17.2 Å². The van der Waals surface area contributed by atoms with Gasteiger partial charge in [0, 0.05) is 12.8 Å². The van der Waals surface area contributed by atoms with Crippen molar-refractivity contribution in [3.8, 4) is 5.75 Å². The van der Waals surface area contributed by atoms with Crippen molar-refractivity contribution in [3.05, 3.63) is 22.2 Å². The Balaban J connectivity index is 3.56. The van der Waals surface area contributed by atoms with Gasteiger partial charge in [0.15, 0.2) is 15.6 Å². The molecule has 0 saturated heterocycles. The van der Waals surface area contributed by atoms with Gasteiger partial charge in [0.25, 0.3) is 0 Å². The molecule has 0 spiro atoms. The van der Waals surface area contributed by atoms with E-state index in [2.05, 4.69) is 15.9 Å². The monoisotopic (exact) mass is 351 g/mol. The summed E-state index contributed by atoms with van der Waals surface area (Å²) in [4.78, 5) is 11.0. The van der Waals surface area contributed by atoms with Gasteiger partial charge in [0.2, 0.25) is 0 Å². The van der Waals surface area contributed by atoms with Gasteiger partial charge in [0.1, 0.15) is 4.90 Å². The molecule has 0 aromatic heterocycles. The van der Waals surface area contributed by atoms with E-state index in [0.29, 0.717) is 10.0 Å². The first kappa shape index (κ1) is 15.9. The van der Waals surface area contributed by atoms with Crippen molar-refractivity contribution in [2.24, 2.45) is 5.73 Å². The van der Waals surface area contributed by atoms with Gasteiger partial charge in [-0.25, -0.2) is 8.42 Å². The first-order valence-corrected chi connectivity index (χ1v) is 7.91. The predicted molar refractivity (Wildman–Crippen MR) is 73.2 cm³/mol. The first-order chi connectivity index (χ1) is 8.72. The highest BCUT2D eigenvalue weighted by molar-refractivity contribution is 9.10. The topological polar surface area (TPSA) is 107 Å². The van der Waals surface area contributed by atoms with Crippen LogP contribution in [0, 0.1) is 0 Å². The smallest absolute Gasteiger partial charge is 0.312 e. The van der Waals surface area contributed by atoms with E-state index in [0.717, 1.165) is 6.26 Å². The van der Waals surface area contributed by atoms with Crippen LogP contribution in [0.2, 0.25) is 0 Å². The van der Waals surface area contributed by atoms with Gasteiger partial charge in [-0.2, -0.15) is 0 Å². The van der Waals surface area contributed by atoms with E-state index in [9.17, 15) is 13.2 Å². The summed E-state index contributed by atoms with van der Waals surface area (Å²) in [5.74, 6) is -1.94. The molecule has 0 aliphatic heterocycles. The normalized spacial score (nSPS) is 13.1. The summed E-state index contributed by atoms with van der Waals surface area (Å²) in [5.41, 5.74) is 5.72. The van der Waals surface area contributed by atoms with Crippen LogP contribution >= 0.6 is 15.9 Å². The molecule has 1 unspecified atom stereocenters. The van der Waals surface area contributed by atoms with Gasteiger partial charge in [-0.1, -0.05) is 0 Å². The van der Waals surface area contributed by atoms with Gasteiger partial charge in [-0.05, 0) is 33.6 Å². The molecule has 1 atom stereocenters. The van der Waals surface area contributed by atoms with Crippen LogP contribution in [0.25, 0.3) is 0 Å². The van der Waals surface area contributed by atoms with E-state index in [1.807, 2.05) is 0 Å². The van der Waals surface area contributed by atoms with Crippen LogP contribution in [0.4, 0.5) is 0 Å². The van der Waals surface area contributed by atoms with Gasteiger partial charge < -0.3 is 15.6 Å². The number of carbonyl (C=O) groups is 1. The lowest BCUT2D eigenvalue weighted by Crippen LogP contribution is -2.21. The minimum Gasteiger partial charge on any atom is -0.494 e. The molecule has 1 rings (SSSR count). The highest BCUT2D eigenvalue weighted by atomic mass is 79.9. The van der Waals surface area contributed by atoms with Crippen LogP contribution in [0.1, 0.15) is 11.5 Å². The number of carboxylic acids is 1. The Morgan fingerprint density at radius 1 is 1.53 bits per heavy atom. The molecule has 0 bridgehead atoms. The Morgan fingerprint density at radius 3 is 2.47 bits per heavy atom. The van der Waals surface area contributed by atoms with Crippen molar-refractivity contribution in [2.45, 2.75) is 10.8 Å². The number of aliphatic carboxylic acids is 1. The molecule has 0 radical (unpaired) electrons. The Morgan fingerprint density at radius 2 is 2.11 bits per heavy atom. The number of hydrogen-bond donors (Lipinski definition) is 2. The number of ether oxygens (including phenoxy) is 1. The molecule has 0 aliphatic rings. The number of nitrogens with two attached hydrogens (primary N) is 1. The molecule has 0 amide bonds. The van der Waals surface area contributed by atoms with E-state index in [1.54, 1.807) is 0 Å². The zero-order valence-electron chi connectivity index (χ0n) is 10.4. The summed E-state index contributed by atoms with van der Waals surface area (Å²) in [7, 11) is -2.21. The van der Waals surface area contributed by atoms with Crippen LogP contribution in [0.5, 0.6) is 5.75 Å². The average molecular weight is 352 g/mol. The minimum absolute atomic E-state index is 0.0703. The lowest BCUT2D eigenvalue weighted by atomic mass is 9.99. The number of carboxylic acid groups (broad SMARTS) is 1. The molecule has 1 aromatic rings. The number of methoxy groups -OCH3 is 1. The number of halogens is 1. The van der Waals surface area contributed by atoms with E-state index >= 15 is 0 Å². The molecule has 0 heterocycles. The third-order valence-electron chi connectivity index (χ3n) is 2.57. The maximum absolute atomic E-state index is 11.7. The summed E-state index contributed by atoms with van der Waals surface area (Å²) in [6, 6.07) is 2.78. The predicted octanol–water partition coefficient (Wildman–Crippen LogP) is 0.988. The second-order valence-electron chi connectivity index (χ2n) is 3.93. The zero-order chi connectivity index (χ0) is 14.8. The third kappa shape index (κ3) is 3.46. The summed E-state index contributed by atoms with van der Waals surface area (Å²) in [6.07, 6.45) is 1.03. The molecule has 8 heteroatoms. The first-order valence-electron chi connectivity index (χ1n) is 5.22. The van der Waals surface area contributed by atoms with Crippen molar-refractivity contribution in [2.75, 3.05) is 19.9 Å². The molecule has 106 valence electrons. The van der Waals surface area contributed by atoms with Crippen molar-refractivity contribution >= 4 is 31.7 Å². The highest BCUT2D eigenvalue weighted by Crippen LogP contribution is 2.35. The molecule has 0 aliphatic carbocycles. The summed E-state index contributed by atoms with van der Waals surface area (Å²) >= 11 is 3.17. The second-order valence-corrected chi connectivity index (χ2v) is 6.77. The molecular formula is C11H14BrNO5S. The van der Waals surface area contributed by atoms with Gasteiger partial charge in [0.05, 0.1) is 17.5 Å². The van der Waals surface area contributed by atoms with Crippen LogP contribution in [-0.4, -0.2) is 39.4 Å². The maximum atomic E-state index is 11.7. The van der Waals surface area contributed by atoms with E-state index in [4.69, 9.17) is 15.6 Å². The molecule has 6 nitrogen and oxygen atoms in total. The summed E-state index contributed by atoms with van der Waals surface area (Å²) in [6.45, 7) is -0.128. The van der Waals surface area contributed by atoms with E-state index in [1.165, 1.54) is 19.2 Å². The average Bonchev–Trinajstić information content (AvgIpc) is 2.27. The van der Waals surface area contributed by atoms with Crippen LogP contribution < -0.4 is 10.5 Å². The van der Waals surface area contributed by atoms with Gasteiger partial charge >= 0.3 is 5.97 Å². The van der Waals surface area contributed by atoms with Crippen molar-refractivity contribution < 1.29 is 23.1 Å². The maximum Gasteiger partial charge on any atom is 0.312 e. The second kappa shape index (κ2) is 5.89. The molecule has 3 N–H and O–H groups in total. The van der Waals surface area contributed by atoms with Crippen LogP contribution in [0.15, 0.2) is 21.5 Å². The Kier molecular flexibility index (Phi) is 4.94. The minimum atomic E-state index is -3.55. The molecule has 0 saturated carbocycles. The van der Waals surface area contributed by atoms with Crippen LogP contribution in [0.3, 0.4) is 0 Å². The number of sulfone groups is 1. The van der Waals surface area contributed by atoms with Gasteiger partial charge in [-0.15, -0.1) is 0 Å². The molecular weight excluding hydrogens is 338 g/mol. The standard InChI is InChI=1S/C11H14BrNO5S/c1-18-10-8(12)3-6(7(5-13)11(14)15)4-9(10)19(2,16)17/h3-4,7H,5,13H2,1-2H3,(H,14,15). The van der Waals surface area contributed by atoms with Crippen molar-refractivity contribution in [1.29, 1.82) is 0 Å². The van der Waals surface area contributed by atoms with Crippen molar-refractivity contribution in [1.82, 2.24) is 0 Å². The fourth-order valence-corrected chi connectivity index (χ4v) is 3.29. The SMILES string of the molecule is COc1c(Br)cc(C(CN)C(=O)O)cc1S(C)(=O)=O. The lowest BCUT2D eigenvalue weighted by molar-refractivity contribution is -0.138. The largest absolute Gasteiger partial charge is 0.494 e. The summed E-state index contributed by atoms with van der Waals surface area (Å²) < 4.78 is 28.8. The Bertz CT molecular complexity index is 599. The van der Waals surface area contributed by atoms with Crippen molar-refractivity contribution in [3.63, 3.8) is 0 Å². The molecule has 1 aromatic carbocycles. The fourth-order valence-electron chi connectivity index (χ4n) is 1.64. The molecule has 19 heavy (non-hydrogen) atoms. The lowest BCUT2D eigenvalue weighted by Gasteiger charge is -2.15. The Hall–Kier alpha value is -1.12. The van der Waals surface area contributed by atoms with Gasteiger partial charge in [-0.3, -0.25) is 4.79 Å². The summed E-state index contributed by atoms with van der Waals surface area (Å²) in [5, 5.41) is 9.06. The number of hydrogen-bond acceptors (Lipinski definition) is 5. The van der Waals surface area contributed by atoms with Crippen LogP contribution in [-0.2, 0) is 14.6 Å². The fraction of sp³-hybridized carbons (Fsp3) is 0.364. The Labute approximate surface area is 119 Å². The quantitative estimate of drug-likeness (QED) is 0.818. The third-order valence-corrected chi connectivity index (χ3v) is 4.26.